The Morgan fingerprint density at radius 2 is 1.87 bits per heavy atom. The largest absolute Gasteiger partial charge is 0.481 e. The van der Waals surface area contributed by atoms with E-state index in [4.69, 9.17) is 17.3 Å². The second-order valence-corrected chi connectivity index (χ2v) is 8.95. The molecule has 0 aromatic heterocycles. The standard InChI is InChI=1S/C24H33N3O2S/c1-17(26-27-24(30)25-20-9-5-4-6-10-20)23-19-15-13-18(14-16-19)21(23)11-7-2-3-8-12-22(28)29/h2,4-7,9-10,18-19,21,23H,3,8,11-16H2,1H3,(H,28,29)(H2,25,27,30). The third-order valence-electron chi connectivity index (χ3n) is 6.58. The van der Waals surface area contributed by atoms with E-state index in [-0.39, 0.29) is 6.42 Å². The highest BCUT2D eigenvalue weighted by Gasteiger charge is 2.44. The lowest BCUT2D eigenvalue weighted by Gasteiger charge is -2.48. The van der Waals surface area contributed by atoms with E-state index in [1.165, 1.54) is 25.7 Å². The number of para-hydroxylation sites is 1. The van der Waals surface area contributed by atoms with Crippen LogP contribution in [0.4, 0.5) is 5.69 Å². The molecule has 3 aliphatic carbocycles. The molecule has 3 aliphatic rings. The van der Waals surface area contributed by atoms with Crippen LogP contribution in [0, 0.1) is 23.7 Å². The SMILES string of the molecule is CC(=NNC(=S)Nc1ccccc1)C1C2CCC(CC2)C1CC=CCCCC(=O)O. The van der Waals surface area contributed by atoms with Crippen molar-refractivity contribution >= 4 is 34.7 Å². The predicted molar refractivity (Wildman–Crippen MR) is 127 cm³/mol. The van der Waals surface area contributed by atoms with Gasteiger partial charge in [0.1, 0.15) is 0 Å². The van der Waals surface area contributed by atoms with Gasteiger partial charge in [0.15, 0.2) is 5.11 Å². The van der Waals surface area contributed by atoms with Crippen molar-refractivity contribution in [3.63, 3.8) is 0 Å². The highest BCUT2D eigenvalue weighted by molar-refractivity contribution is 7.80. The summed E-state index contributed by atoms with van der Waals surface area (Å²) in [6, 6.07) is 9.87. The van der Waals surface area contributed by atoms with Crippen LogP contribution in [-0.2, 0) is 4.79 Å². The van der Waals surface area contributed by atoms with Gasteiger partial charge in [0.25, 0.3) is 0 Å². The van der Waals surface area contributed by atoms with Gasteiger partial charge in [0.2, 0.25) is 0 Å². The van der Waals surface area contributed by atoms with Crippen molar-refractivity contribution in [1.82, 2.24) is 5.43 Å². The van der Waals surface area contributed by atoms with Crippen LogP contribution in [0.2, 0.25) is 0 Å². The summed E-state index contributed by atoms with van der Waals surface area (Å²) in [5.41, 5.74) is 5.13. The molecule has 1 aromatic carbocycles. The highest BCUT2D eigenvalue weighted by Crippen LogP contribution is 2.50. The van der Waals surface area contributed by atoms with Crippen LogP contribution in [0.3, 0.4) is 0 Å². The molecule has 1 aromatic rings. The first-order valence-electron chi connectivity index (χ1n) is 11.1. The number of nitrogens with zero attached hydrogens (tertiary/aromatic N) is 1. The Hall–Kier alpha value is -2.21. The monoisotopic (exact) mass is 427 g/mol. The Labute approximate surface area is 185 Å². The van der Waals surface area contributed by atoms with Gasteiger partial charge >= 0.3 is 5.97 Å². The molecule has 6 heteroatoms. The predicted octanol–water partition coefficient (Wildman–Crippen LogP) is 5.60. The molecule has 2 bridgehead atoms. The molecule has 0 amide bonds. The second-order valence-electron chi connectivity index (χ2n) is 8.54. The molecule has 3 N–H and O–H groups in total. The molecule has 0 aliphatic heterocycles. The lowest BCUT2D eigenvalue weighted by Crippen LogP contribution is -2.43. The zero-order chi connectivity index (χ0) is 21.3. The minimum atomic E-state index is -0.716. The molecule has 162 valence electrons. The van der Waals surface area contributed by atoms with Crippen LogP contribution < -0.4 is 10.7 Å². The minimum Gasteiger partial charge on any atom is -0.481 e. The smallest absolute Gasteiger partial charge is 0.303 e. The normalized spacial score (nSPS) is 26.0. The number of hydrazone groups is 1. The van der Waals surface area contributed by atoms with E-state index in [0.717, 1.165) is 30.2 Å². The van der Waals surface area contributed by atoms with Crippen molar-refractivity contribution in [1.29, 1.82) is 0 Å². The first kappa shape index (κ1) is 22.5. The molecule has 2 atom stereocenters. The average molecular weight is 428 g/mol. The minimum absolute atomic E-state index is 0.245. The van der Waals surface area contributed by atoms with Crippen molar-refractivity contribution in [3.05, 3.63) is 42.5 Å². The summed E-state index contributed by atoms with van der Waals surface area (Å²) < 4.78 is 0. The van der Waals surface area contributed by atoms with Gasteiger partial charge in [-0.1, -0.05) is 30.4 Å². The van der Waals surface area contributed by atoms with E-state index < -0.39 is 5.97 Å². The first-order chi connectivity index (χ1) is 14.5. The van der Waals surface area contributed by atoms with E-state index in [1.54, 1.807) is 0 Å². The fourth-order valence-electron chi connectivity index (χ4n) is 5.20. The molecular formula is C24H33N3O2S. The number of fused-ring (bicyclic) bond motifs is 3. The molecule has 2 unspecified atom stereocenters. The molecule has 0 heterocycles. The number of carboxylic acids is 1. The maximum atomic E-state index is 10.6. The molecule has 0 spiro atoms. The number of hydrogen-bond donors (Lipinski definition) is 3. The number of rotatable bonds is 9. The number of unbranched alkanes of at least 4 members (excludes halogenated alkanes) is 1. The Morgan fingerprint density at radius 3 is 2.57 bits per heavy atom. The quantitative estimate of drug-likeness (QED) is 0.157. The lowest BCUT2D eigenvalue weighted by atomic mass is 9.56. The maximum absolute atomic E-state index is 10.6. The average Bonchev–Trinajstić information content (AvgIpc) is 2.75. The molecule has 5 nitrogen and oxygen atoms in total. The summed E-state index contributed by atoms with van der Waals surface area (Å²) in [4.78, 5) is 10.6. The number of allylic oxidation sites excluding steroid dienone is 2. The lowest BCUT2D eigenvalue weighted by molar-refractivity contribution is -0.137. The maximum Gasteiger partial charge on any atom is 0.303 e. The fourth-order valence-corrected chi connectivity index (χ4v) is 5.36. The molecule has 30 heavy (non-hydrogen) atoms. The van der Waals surface area contributed by atoms with Gasteiger partial charge in [-0.15, -0.1) is 0 Å². The number of carbonyl (C=O) groups is 1. The second kappa shape index (κ2) is 11.3. The number of thiocarbonyl (C=S) groups is 1. The van der Waals surface area contributed by atoms with Crippen LogP contribution in [0.1, 0.15) is 58.3 Å². The third-order valence-corrected chi connectivity index (χ3v) is 6.77. The number of hydrogen-bond acceptors (Lipinski definition) is 3. The van der Waals surface area contributed by atoms with Gasteiger partial charge in [-0.2, -0.15) is 5.10 Å². The van der Waals surface area contributed by atoms with Gasteiger partial charge in [0, 0.05) is 23.7 Å². The van der Waals surface area contributed by atoms with Crippen molar-refractivity contribution in [2.24, 2.45) is 28.8 Å². The Kier molecular flexibility index (Phi) is 8.43. The molecule has 0 saturated heterocycles. The van der Waals surface area contributed by atoms with Gasteiger partial charge in [-0.05, 0) is 94.0 Å². The molecular weight excluding hydrogens is 394 g/mol. The summed E-state index contributed by atoms with van der Waals surface area (Å²) in [6.07, 6.45) is 12.5. The van der Waals surface area contributed by atoms with Gasteiger partial charge in [0.05, 0.1) is 0 Å². The highest BCUT2D eigenvalue weighted by atomic mass is 32.1. The van der Waals surface area contributed by atoms with Crippen molar-refractivity contribution in [2.45, 2.75) is 58.3 Å². The van der Waals surface area contributed by atoms with Crippen LogP contribution in [0.25, 0.3) is 0 Å². The Morgan fingerprint density at radius 1 is 1.17 bits per heavy atom. The Bertz CT molecular complexity index is 770. The summed E-state index contributed by atoms with van der Waals surface area (Å²) in [6.45, 7) is 2.13. The number of anilines is 1. The van der Waals surface area contributed by atoms with Crippen molar-refractivity contribution in [2.75, 3.05) is 5.32 Å². The van der Waals surface area contributed by atoms with Gasteiger partial charge < -0.3 is 10.4 Å². The number of carboxylic acid groups (broad SMARTS) is 1. The molecule has 0 radical (unpaired) electrons. The van der Waals surface area contributed by atoms with Crippen LogP contribution in [0.15, 0.2) is 47.6 Å². The van der Waals surface area contributed by atoms with Crippen LogP contribution >= 0.6 is 12.2 Å². The summed E-state index contributed by atoms with van der Waals surface area (Å²) >= 11 is 5.40. The van der Waals surface area contributed by atoms with E-state index in [9.17, 15) is 4.79 Å². The van der Waals surface area contributed by atoms with E-state index in [0.29, 0.717) is 29.3 Å². The number of benzene rings is 1. The van der Waals surface area contributed by atoms with Gasteiger partial charge in [-0.25, -0.2) is 0 Å². The molecule has 3 saturated carbocycles. The van der Waals surface area contributed by atoms with Crippen LogP contribution in [-0.4, -0.2) is 21.9 Å². The van der Waals surface area contributed by atoms with Gasteiger partial charge in [-0.3, -0.25) is 10.2 Å². The molecule has 3 fully saturated rings. The number of nitrogens with one attached hydrogen (secondary N) is 2. The zero-order valence-corrected chi connectivity index (χ0v) is 18.5. The summed E-state index contributed by atoms with van der Waals surface area (Å²) in [7, 11) is 0. The fraction of sp³-hybridized carbons (Fsp3) is 0.542. The van der Waals surface area contributed by atoms with Crippen LogP contribution in [0.5, 0.6) is 0 Å². The summed E-state index contributed by atoms with van der Waals surface area (Å²) in [5.74, 6) is 1.87. The van der Waals surface area contributed by atoms with E-state index in [2.05, 4.69) is 34.9 Å². The summed E-state index contributed by atoms with van der Waals surface area (Å²) in [5, 5.41) is 17.1. The Balaban J connectivity index is 1.56. The zero-order valence-electron chi connectivity index (χ0n) is 17.7. The van der Waals surface area contributed by atoms with E-state index >= 15 is 0 Å². The molecule has 4 rings (SSSR count). The first-order valence-corrected chi connectivity index (χ1v) is 11.5. The van der Waals surface area contributed by atoms with Crippen molar-refractivity contribution in [3.8, 4) is 0 Å². The third kappa shape index (κ3) is 6.39. The van der Waals surface area contributed by atoms with E-state index in [1.807, 2.05) is 30.3 Å². The number of aliphatic carboxylic acids is 1. The van der Waals surface area contributed by atoms with Crippen molar-refractivity contribution < 1.29 is 9.90 Å². The topological polar surface area (TPSA) is 73.7 Å².